The van der Waals surface area contributed by atoms with Crippen molar-refractivity contribution in [3.05, 3.63) is 54.1 Å². The molecule has 1 aliphatic heterocycles. The number of likely N-dealkylation sites (N-methyl/N-ethyl adjacent to an activating group) is 1. The molecule has 2 N–H and O–H groups in total. The number of para-hydroxylation sites is 2. The second-order valence-corrected chi connectivity index (χ2v) is 8.45. The van der Waals surface area contributed by atoms with Crippen LogP contribution in [0.15, 0.2) is 48.5 Å². The minimum absolute atomic E-state index is 0.0326. The van der Waals surface area contributed by atoms with Gasteiger partial charge in [-0.15, -0.1) is 0 Å². The summed E-state index contributed by atoms with van der Waals surface area (Å²) in [5, 5.41) is 5.19. The predicted octanol–water partition coefficient (Wildman–Crippen LogP) is 1.92. The smallest absolute Gasteiger partial charge is 0.329 e. The van der Waals surface area contributed by atoms with E-state index in [1.807, 2.05) is 6.92 Å². The average molecular weight is 498 g/mol. The molecule has 1 aliphatic rings. The molecule has 0 aromatic heterocycles. The van der Waals surface area contributed by atoms with Crippen molar-refractivity contribution in [2.24, 2.45) is 5.92 Å². The Balaban J connectivity index is 1.65. The number of nitrogens with zero attached hydrogens (tertiary/aromatic N) is 1. The fraction of sp³-hybridized carbons (Fsp3) is 0.385. The van der Waals surface area contributed by atoms with Gasteiger partial charge in [0.2, 0.25) is 0 Å². The SMILES string of the molecule is CCOc1ccc(C(=O)N[C@H](C(=O)OCC(=O)N2CC(C(=O)NC)Oc3ccccc32)C(C)C)cc1. The zero-order chi connectivity index (χ0) is 26.2. The minimum atomic E-state index is -0.965. The maximum atomic E-state index is 13.0. The van der Waals surface area contributed by atoms with E-state index in [2.05, 4.69) is 10.6 Å². The molecule has 1 heterocycles. The van der Waals surface area contributed by atoms with E-state index < -0.39 is 36.5 Å². The van der Waals surface area contributed by atoms with Gasteiger partial charge < -0.3 is 29.7 Å². The molecular weight excluding hydrogens is 466 g/mol. The Labute approximate surface area is 209 Å². The van der Waals surface area contributed by atoms with Gasteiger partial charge >= 0.3 is 5.97 Å². The number of hydrogen-bond acceptors (Lipinski definition) is 7. The molecule has 192 valence electrons. The molecule has 0 saturated carbocycles. The number of carbonyl (C=O) groups is 4. The fourth-order valence-corrected chi connectivity index (χ4v) is 3.66. The van der Waals surface area contributed by atoms with Crippen LogP contribution < -0.4 is 25.0 Å². The Bertz CT molecular complexity index is 1100. The van der Waals surface area contributed by atoms with E-state index >= 15 is 0 Å². The van der Waals surface area contributed by atoms with Crippen LogP contribution in [0.5, 0.6) is 11.5 Å². The summed E-state index contributed by atoms with van der Waals surface area (Å²) in [6.45, 7) is 5.30. The van der Waals surface area contributed by atoms with Gasteiger partial charge in [-0.25, -0.2) is 4.79 Å². The number of benzene rings is 2. The van der Waals surface area contributed by atoms with Gasteiger partial charge in [0.05, 0.1) is 18.8 Å². The van der Waals surface area contributed by atoms with E-state index in [1.54, 1.807) is 62.4 Å². The van der Waals surface area contributed by atoms with E-state index in [4.69, 9.17) is 14.2 Å². The van der Waals surface area contributed by atoms with Crippen LogP contribution in [0, 0.1) is 5.92 Å². The van der Waals surface area contributed by atoms with Crippen molar-refractivity contribution in [2.45, 2.75) is 32.9 Å². The topological polar surface area (TPSA) is 123 Å². The van der Waals surface area contributed by atoms with Crippen molar-refractivity contribution in [3.8, 4) is 11.5 Å². The first-order valence-electron chi connectivity index (χ1n) is 11.7. The number of carbonyl (C=O) groups excluding carboxylic acids is 4. The molecule has 0 aliphatic carbocycles. The maximum Gasteiger partial charge on any atom is 0.329 e. The Hall–Kier alpha value is -4.08. The normalized spacial score (nSPS) is 15.2. The lowest BCUT2D eigenvalue weighted by molar-refractivity contribution is -0.151. The van der Waals surface area contributed by atoms with Crippen LogP contribution in [0.1, 0.15) is 31.1 Å². The van der Waals surface area contributed by atoms with E-state index in [0.29, 0.717) is 29.4 Å². The van der Waals surface area contributed by atoms with Gasteiger partial charge in [-0.2, -0.15) is 0 Å². The molecule has 1 unspecified atom stereocenters. The first-order chi connectivity index (χ1) is 17.2. The number of hydrogen-bond donors (Lipinski definition) is 2. The standard InChI is InChI=1S/C26H31N3O7/c1-5-34-18-12-10-17(11-13-18)24(31)28-23(16(2)3)26(33)35-15-22(30)29-14-21(25(32)27-4)36-20-9-7-6-8-19(20)29/h6-13,16,21,23H,5,14-15H2,1-4H3,(H,27,32)(H,28,31)/t21?,23-/m0/s1. The third-order valence-electron chi connectivity index (χ3n) is 5.59. The second kappa shape index (κ2) is 12.1. The number of nitrogens with one attached hydrogen (secondary N) is 2. The Morgan fingerprint density at radius 1 is 1.08 bits per heavy atom. The minimum Gasteiger partial charge on any atom is -0.494 e. The zero-order valence-corrected chi connectivity index (χ0v) is 20.8. The van der Waals surface area contributed by atoms with Gasteiger partial charge in [0, 0.05) is 12.6 Å². The lowest BCUT2D eigenvalue weighted by Crippen LogP contribution is -2.51. The molecule has 2 aromatic carbocycles. The third-order valence-corrected chi connectivity index (χ3v) is 5.59. The van der Waals surface area contributed by atoms with Crippen LogP contribution in [-0.4, -0.2) is 62.6 Å². The quantitative estimate of drug-likeness (QED) is 0.508. The first kappa shape index (κ1) is 26.5. The number of esters is 1. The molecule has 2 aromatic rings. The maximum absolute atomic E-state index is 13.0. The summed E-state index contributed by atoms with van der Waals surface area (Å²) in [4.78, 5) is 52.0. The van der Waals surface area contributed by atoms with Crippen molar-refractivity contribution in [3.63, 3.8) is 0 Å². The molecule has 0 fully saturated rings. The molecule has 0 bridgehead atoms. The van der Waals surface area contributed by atoms with E-state index in [1.165, 1.54) is 11.9 Å². The zero-order valence-electron chi connectivity index (χ0n) is 20.8. The number of anilines is 1. The molecule has 36 heavy (non-hydrogen) atoms. The lowest BCUT2D eigenvalue weighted by Gasteiger charge is -2.34. The van der Waals surface area contributed by atoms with Gasteiger partial charge in [-0.05, 0) is 49.2 Å². The van der Waals surface area contributed by atoms with Crippen molar-refractivity contribution in [1.82, 2.24) is 10.6 Å². The highest BCUT2D eigenvalue weighted by molar-refractivity contribution is 6.00. The van der Waals surface area contributed by atoms with Gasteiger partial charge in [-0.3, -0.25) is 14.4 Å². The van der Waals surface area contributed by atoms with Crippen LogP contribution in [0.3, 0.4) is 0 Å². The number of rotatable bonds is 9. The number of ether oxygens (including phenoxy) is 3. The van der Waals surface area contributed by atoms with Crippen LogP contribution in [0.4, 0.5) is 5.69 Å². The highest BCUT2D eigenvalue weighted by Gasteiger charge is 2.34. The van der Waals surface area contributed by atoms with E-state index in [9.17, 15) is 19.2 Å². The summed E-state index contributed by atoms with van der Waals surface area (Å²) in [5.74, 6) is -1.36. The van der Waals surface area contributed by atoms with Gasteiger partial charge in [-0.1, -0.05) is 26.0 Å². The monoisotopic (exact) mass is 497 g/mol. The summed E-state index contributed by atoms with van der Waals surface area (Å²) in [6.07, 6.45) is -0.902. The second-order valence-electron chi connectivity index (χ2n) is 8.45. The average Bonchev–Trinajstić information content (AvgIpc) is 2.89. The summed E-state index contributed by atoms with van der Waals surface area (Å²) in [6, 6.07) is 12.4. The first-order valence-corrected chi connectivity index (χ1v) is 11.7. The van der Waals surface area contributed by atoms with Crippen molar-refractivity contribution >= 4 is 29.4 Å². The van der Waals surface area contributed by atoms with Gasteiger partial charge in [0.1, 0.15) is 17.5 Å². The predicted molar refractivity (Wildman–Crippen MR) is 132 cm³/mol. The fourth-order valence-electron chi connectivity index (χ4n) is 3.66. The van der Waals surface area contributed by atoms with Crippen LogP contribution in [-0.2, 0) is 19.1 Å². The van der Waals surface area contributed by atoms with Crippen molar-refractivity contribution in [2.75, 3.05) is 31.7 Å². The molecule has 10 heteroatoms. The van der Waals surface area contributed by atoms with Gasteiger partial charge in [0.25, 0.3) is 17.7 Å². The number of amides is 3. The lowest BCUT2D eigenvalue weighted by atomic mass is 10.0. The molecule has 0 saturated heterocycles. The Morgan fingerprint density at radius 3 is 2.42 bits per heavy atom. The molecule has 0 spiro atoms. The molecule has 2 atom stereocenters. The highest BCUT2D eigenvalue weighted by atomic mass is 16.5. The van der Waals surface area contributed by atoms with Crippen LogP contribution in [0.25, 0.3) is 0 Å². The van der Waals surface area contributed by atoms with E-state index in [-0.39, 0.29) is 18.4 Å². The van der Waals surface area contributed by atoms with Crippen LogP contribution in [0.2, 0.25) is 0 Å². The molecule has 3 amide bonds. The molecule has 10 nitrogen and oxygen atoms in total. The largest absolute Gasteiger partial charge is 0.494 e. The molecule has 0 radical (unpaired) electrons. The number of fused-ring (bicyclic) bond motifs is 1. The van der Waals surface area contributed by atoms with Crippen molar-refractivity contribution < 1.29 is 33.4 Å². The summed E-state index contributed by atoms with van der Waals surface area (Å²) < 4.78 is 16.4. The highest BCUT2D eigenvalue weighted by Crippen LogP contribution is 2.33. The van der Waals surface area contributed by atoms with Crippen molar-refractivity contribution in [1.29, 1.82) is 0 Å². The van der Waals surface area contributed by atoms with E-state index in [0.717, 1.165) is 0 Å². The van der Waals surface area contributed by atoms with Crippen LogP contribution >= 0.6 is 0 Å². The molecular formula is C26H31N3O7. The third kappa shape index (κ3) is 6.32. The molecule has 3 rings (SSSR count). The summed E-state index contributed by atoms with van der Waals surface area (Å²) in [5.41, 5.74) is 0.834. The van der Waals surface area contributed by atoms with Gasteiger partial charge in [0.15, 0.2) is 12.7 Å². The summed E-state index contributed by atoms with van der Waals surface area (Å²) >= 11 is 0. The Morgan fingerprint density at radius 2 is 1.78 bits per heavy atom. The Kier molecular flexibility index (Phi) is 8.88. The summed E-state index contributed by atoms with van der Waals surface area (Å²) in [7, 11) is 1.48.